The van der Waals surface area contributed by atoms with Crippen molar-refractivity contribution < 1.29 is 9.90 Å². The molecular formula is C22H28N2O2S. The molecule has 3 heterocycles. The standard InChI is InChI=1S/C22H28N2O2S/c1-15-13-20(27-21(15)22(26)24-9-3-4-10-24)17-5-6-18(19(25)14-17)16-7-11-23(2)12-8-16/h5-6,13-14,16,25H,3-4,7-12H2,1-2H3. The molecule has 4 rings (SSSR count). The van der Waals surface area contributed by atoms with Crippen LogP contribution in [0.25, 0.3) is 10.4 Å². The Morgan fingerprint density at radius 2 is 1.81 bits per heavy atom. The zero-order chi connectivity index (χ0) is 19.0. The van der Waals surface area contributed by atoms with E-state index < -0.39 is 0 Å². The summed E-state index contributed by atoms with van der Waals surface area (Å²) < 4.78 is 0. The third-order valence-electron chi connectivity index (χ3n) is 5.98. The minimum absolute atomic E-state index is 0.161. The molecule has 2 aliphatic heterocycles. The number of carbonyl (C=O) groups is 1. The van der Waals surface area contributed by atoms with E-state index in [9.17, 15) is 9.90 Å². The van der Waals surface area contributed by atoms with Crippen LogP contribution in [0, 0.1) is 6.92 Å². The molecule has 1 amide bonds. The van der Waals surface area contributed by atoms with E-state index in [2.05, 4.69) is 30.1 Å². The summed E-state index contributed by atoms with van der Waals surface area (Å²) in [4.78, 5) is 18.9. The molecule has 4 nitrogen and oxygen atoms in total. The number of aromatic hydroxyl groups is 1. The molecule has 0 atom stereocenters. The lowest BCUT2D eigenvalue weighted by molar-refractivity contribution is 0.0797. The van der Waals surface area contributed by atoms with Gasteiger partial charge in [-0.2, -0.15) is 0 Å². The van der Waals surface area contributed by atoms with Crippen LogP contribution in [0.5, 0.6) is 5.75 Å². The summed E-state index contributed by atoms with van der Waals surface area (Å²) >= 11 is 1.55. The molecule has 2 aliphatic rings. The molecule has 0 saturated carbocycles. The highest BCUT2D eigenvalue weighted by molar-refractivity contribution is 7.17. The van der Waals surface area contributed by atoms with Crippen molar-refractivity contribution in [1.82, 2.24) is 9.80 Å². The molecule has 0 aliphatic carbocycles. The van der Waals surface area contributed by atoms with E-state index in [0.29, 0.717) is 11.7 Å². The maximum absolute atomic E-state index is 12.7. The van der Waals surface area contributed by atoms with Crippen LogP contribution in [0.2, 0.25) is 0 Å². The van der Waals surface area contributed by atoms with Crippen molar-refractivity contribution in [2.75, 3.05) is 33.2 Å². The van der Waals surface area contributed by atoms with Gasteiger partial charge >= 0.3 is 0 Å². The normalized spacial score (nSPS) is 19.0. The summed E-state index contributed by atoms with van der Waals surface area (Å²) in [5.41, 5.74) is 3.09. The Bertz CT molecular complexity index is 831. The van der Waals surface area contributed by atoms with Crippen LogP contribution in [0.1, 0.15) is 52.4 Å². The van der Waals surface area contributed by atoms with Gasteiger partial charge < -0.3 is 14.9 Å². The number of rotatable bonds is 3. The van der Waals surface area contributed by atoms with E-state index >= 15 is 0 Å². The smallest absolute Gasteiger partial charge is 0.264 e. The number of carbonyl (C=O) groups excluding carboxylic acids is 1. The van der Waals surface area contributed by atoms with Gasteiger partial charge in [-0.25, -0.2) is 0 Å². The number of thiophene rings is 1. The lowest BCUT2D eigenvalue weighted by Gasteiger charge is -2.29. The molecule has 0 spiro atoms. The molecule has 0 radical (unpaired) electrons. The van der Waals surface area contributed by atoms with Crippen LogP contribution in [0.4, 0.5) is 0 Å². The molecule has 0 unspecified atom stereocenters. The Kier molecular flexibility index (Phi) is 5.24. The van der Waals surface area contributed by atoms with Crippen molar-refractivity contribution in [3.8, 4) is 16.2 Å². The molecule has 2 aromatic rings. The van der Waals surface area contributed by atoms with E-state index in [1.54, 1.807) is 11.3 Å². The van der Waals surface area contributed by atoms with Crippen LogP contribution in [0.15, 0.2) is 24.3 Å². The summed E-state index contributed by atoms with van der Waals surface area (Å²) in [7, 11) is 2.15. The second-order valence-electron chi connectivity index (χ2n) is 7.97. The fraction of sp³-hybridized carbons (Fsp3) is 0.500. The molecule has 0 bridgehead atoms. The van der Waals surface area contributed by atoms with Gasteiger partial charge in [0, 0.05) is 18.0 Å². The van der Waals surface area contributed by atoms with E-state index in [1.807, 2.05) is 17.9 Å². The highest BCUT2D eigenvalue weighted by Crippen LogP contribution is 2.38. The molecule has 1 aromatic carbocycles. The monoisotopic (exact) mass is 384 g/mol. The summed E-state index contributed by atoms with van der Waals surface area (Å²) in [6, 6.07) is 8.14. The van der Waals surface area contributed by atoms with Gasteiger partial charge in [-0.1, -0.05) is 12.1 Å². The summed E-state index contributed by atoms with van der Waals surface area (Å²) in [6.07, 6.45) is 4.40. The third-order valence-corrected chi connectivity index (χ3v) is 7.25. The Morgan fingerprint density at radius 1 is 1.11 bits per heavy atom. The van der Waals surface area contributed by atoms with Gasteiger partial charge in [0.1, 0.15) is 5.75 Å². The van der Waals surface area contributed by atoms with E-state index in [1.165, 1.54) is 0 Å². The van der Waals surface area contributed by atoms with Crippen molar-refractivity contribution in [2.24, 2.45) is 0 Å². The number of phenolic OH excluding ortho intramolecular Hbond substituents is 1. The number of phenols is 1. The number of amides is 1. The highest BCUT2D eigenvalue weighted by atomic mass is 32.1. The second kappa shape index (κ2) is 7.64. The molecule has 27 heavy (non-hydrogen) atoms. The van der Waals surface area contributed by atoms with E-state index in [-0.39, 0.29) is 5.91 Å². The Balaban J connectivity index is 1.56. The summed E-state index contributed by atoms with van der Waals surface area (Å²) in [5, 5.41) is 10.6. The van der Waals surface area contributed by atoms with Crippen molar-refractivity contribution in [3.05, 3.63) is 40.3 Å². The first-order valence-electron chi connectivity index (χ1n) is 9.94. The largest absolute Gasteiger partial charge is 0.508 e. The van der Waals surface area contributed by atoms with Crippen molar-refractivity contribution in [1.29, 1.82) is 0 Å². The van der Waals surface area contributed by atoms with Crippen molar-refractivity contribution in [3.63, 3.8) is 0 Å². The Morgan fingerprint density at radius 3 is 2.48 bits per heavy atom. The van der Waals surface area contributed by atoms with Crippen molar-refractivity contribution >= 4 is 17.2 Å². The zero-order valence-electron chi connectivity index (χ0n) is 16.2. The first-order valence-corrected chi connectivity index (χ1v) is 10.8. The van der Waals surface area contributed by atoms with Gasteiger partial charge in [0.05, 0.1) is 4.88 Å². The quantitative estimate of drug-likeness (QED) is 0.849. The number of hydrogen-bond donors (Lipinski definition) is 1. The molecule has 144 valence electrons. The fourth-order valence-electron chi connectivity index (χ4n) is 4.26. The highest BCUT2D eigenvalue weighted by Gasteiger charge is 2.24. The number of aryl methyl sites for hydroxylation is 1. The summed E-state index contributed by atoms with van der Waals surface area (Å²) in [5.74, 6) is 0.988. The lowest BCUT2D eigenvalue weighted by atomic mass is 9.88. The van der Waals surface area contributed by atoms with Crippen LogP contribution in [0.3, 0.4) is 0 Å². The molecule has 1 aromatic heterocycles. The minimum atomic E-state index is 0.161. The van der Waals surface area contributed by atoms with Gasteiger partial charge in [-0.05, 0) is 87.5 Å². The van der Waals surface area contributed by atoms with Crippen LogP contribution < -0.4 is 0 Å². The Hall–Kier alpha value is -1.85. The van der Waals surface area contributed by atoms with Gasteiger partial charge in [-0.15, -0.1) is 11.3 Å². The number of benzene rings is 1. The number of likely N-dealkylation sites (tertiary alicyclic amines) is 2. The molecule has 1 N–H and O–H groups in total. The average Bonchev–Trinajstić information content (AvgIpc) is 3.32. The maximum Gasteiger partial charge on any atom is 0.264 e. The zero-order valence-corrected chi connectivity index (χ0v) is 17.0. The summed E-state index contributed by atoms with van der Waals surface area (Å²) in [6.45, 7) is 5.92. The van der Waals surface area contributed by atoms with E-state index in [4.69, 9.17) is 0 Å². The number of hydrogen-bond acceptors (Lipinski definition) is 4. The van der Waals surface area contributed by atoms with Crippen LogP contribution >= 0.6 is 11.3 Å². The minimum Gasteiger partial charge on any atom is -0.508 e. The van der Waals surface area contributed by atoms with Gasteiger partial charge in [0.25, 0.3) is 5.91 Å². The molecule has 2 saturated heterocycles. The van der Waals surface area contributed by atoms with Crippen molar-refractivity contribution in [2.45, 2.75) is 38.5 Å². The van der Waals surface area contributed by atoms with Gasteiger partial charge in [0.2, 0.25) is 0 Å². The van der Waals surface area contributed by atoms with Gasteiger partial charge in [0.15, 0.2) is 0 Å². The number of piperidine rings is 1. The second-order valence-corrected chi connectivity index (χ2v) is 9.03. The maximum atomic E-state index is 12.7. The predicted molar refractivity (Wildman–Crippen MR) is 111 cm³/mol. The molecule has 2 fully saturated rings. The fourth-order valence-corrected chi connectivity index (χ4v) is 5.40. The van der Waals surface area contributed by atoms with Gasteiger partial charge in [-0.3, -0.25) is 4.79 Å². The average molecular weight is 385 g/mol. The third kappa shape index (κ3) is 3.76. The molecular weight excluding hydrogens is 356 g/mol. The topological polar surface area (TPSA) is 43.8 Å². The first kappa shape index (κ1) is 18.5. The van der Waals surface area contributed by atoms with Crippen LogP contribution in [-0.4, -0.2) is 54.0 Å². The SMILES string of the molecule is Cc1cc(-c2ccc(C3CCN(C)CC3)c(O)c2)sc1C(=O)N1CCCC1. The Labute approximate surface area is 165 Å². The van der Waals surface area contributed by atoms with E-state index in [0.717, 1.165) is 78.3 Å². The van der Waals surface area contributed by atoms with Crippen LogP contribution in [-0.2, 0) is 0 Å². The number of nitrogens with zero attached hydrogens (tertiary/aromatic N) is 2. The predicted octanol–water partition coefficient (Wildman–Crippen LogP) is 4.47. The lowest BCUT2D eigenvalue weighted by Crippen LogP contribution is -2.29. The molecule has 5 heteroatoms. The first-order chi connectivity index (χ1) is 13.0.